The molecule has 1 amide bonds. The van der Waals surface area contributed by atoms with Crippen LogP contribution in [0.2, 0.25) is 0 Å². The van der Waals surface area contributed by atoms with Crippen LogP contribution in [0.4, 0.5) is 0 Å². The second kappa shape index (κ2) is 7.64. The Morgan fingerprint density at radius 1 is 0.958 bits per heavy atom. The van der Waals surface area contributed by atoms with Crippen LogP contribution in [0.15, 0.2) is 65.8 Å². The highest BCUT2D eigenvalue weighted by atomic mass is 32.2. The summed E-state index contributed by atoms with van der Waals surface area (Å²) in [6, 6.07) is 19.4. The van der Waals surface area contributed by atoms with Crippen LogP contribution in [0.1, 0.15) is 24.0 Å². The molecule has 1 saturated heterocycles. The second-order valence-corrected chi connectivity index (χ2v) is 7.00. The summed E-state index contributed by atoms with van der Waals surface area (Å²) in [4.78, 5) is 12.4. The van der Waals surface area contributed by atoms with Crippen molar-refractivity contribution >= 4 is 23.4 Å². The van der Waals surface area contributed by atoms with Gasteiger partial charge < -0.3 is 5.11 Å². The van der Waals surface area contributed by atoms with E-state index in [1.165, 1.54) is 0 Å². The van der Waals surface area contributed by atoms with Gasteiger partial charge in [0.25, 0.3) is 5.91 Å². The van der Waals surface area contributed by atoms with Crippen LogP contribution in [0.3, 0.4) is 0 Å². The van der Waals surface area contributed by atoms with Crippen molar-refractivity contribution in [2.24, 2.45) is 5.10 Å². The molecule has 4 nitrogen and oxygen atoms in total. The molecule has 24 heavy (non-hydrogen) atoms. The Labute approximate surface area is 146 Å². The molecule has 1 aliphatic heterocycles. The Morgan fingerprint density at radius 3 is 1.96 bits per heavy atom. The molecule has 2 N–H and O–H groups in total. The normalized spacial score (nSPS) is 16.2. The van der Waals surface area contributed by atoms with Crippen LogP contribution in [-0.4, -0.2) is 33.8 Å². The van der Waals surface area contributed by atoms with Crippen molar-refractivity contribution < 1.29 is 9.90 Å². The molecule has 5 heteroatoms. The highest BCUT2D eigenvalue weighted by Crippen LogP contribution is 2.27. The summed E-state index contributed by atoms with van der Waals surface area (Å²) in [7, 11) is 0. The largest absolute Gasteiger partial charge is 0.380 e. The molecule has 0 unspecified atom stereocenters. The Morgan fingerprint density at radius 2 is 1.46 bits per heavy atom. The summed E-state index contributed by atoms with van der Waals surface area (Å²) in [5.41, 5.74) is 3.77. The third kappa shape index (κ3) is 3.86. The van der Waals surface area contributed by atoms with Gasteiger partial charge in [-0.15, -0.1) is 0 Å². The van der Waals surface area contributed by atoms with E-state index in [-0.39, 0.29) is 0 Å². The van der Waals surface area contributed by atoms with Crippen molar-refractivity contribution in [1.82, 2.24) is 5.43 Å². The minimum atomic E-state index is -1.31. The standard InChI is InChI=1S/C19H20N2O2S/c22-18(19(23)11-13-24-14-12-19)21-20-17(15-7-3-1-4-8-15)16-9-5-2-6-10-16/h1-10,23H,11-14H2,(H,21,22). The van der Waals surface area contributed by atoms with Gasteiger partial charge in [-0.25, -0.2) is 5.43 Å². The zero-order chi connectivity index (χ0) is 16.8. The minimum Gasteiger partial charge on any atom is -0.380 e. The number of thioether (sulfide) groups is 1. The van der Waals surface area contributed by atoms with E-state index in [1.54, 1.807) is 11.8 Å². The third-order valence-corrected chi connectivity index (χ3v) is 5.09. The molecule has 2 aromatic rings. The van der Waals surface area contributed by atoms with Gasteiger partial charge in [0.2, 0.25) is 0 Å². The Hall–Kier alpha value is -2.11. The second-order valence-electron chi connectivity index (χ2n) is 5.78. The smallest absolute Gasteiger partial charge is 0.272 e. The lowest BCUT2D eigenvalue weighted by Crippen LogP contribution is -2.47. The Bertz CT molecular complexity index is 669. The van der Waals surface area contributed by atoms with Gasteiger partial charge in [0.05, 0.1) is 5.71 Å². The van der Waals surface area contributed by atoms with E-state index in [0.717, 1.165) is 22.6 Å². The molecule has 0 spiro atoms. The number of hydrogen-bond acceptors (Lipinski definition) is 4. The average Bonchev–Trinajstić information content (AvgIpc) is 2.64. The van der Waals surface area contributed by atoms with Gasteiger partial charge in [-0.3, -0.25) is 4.79 Å². The molecule has 0 radical (unpaired) electrons. The van der Waals surface area contributed by atoms with E-state index in [1.807, 2.05) is 60.7 Å². The zero-order valence-corrected chi connectivity index (χ0v) is 14.1. The van der Waals surface area contributed by atoms with Gasteiger partial charge in [0, 0.05) is 11.1 Å². The van der Waals surface area contributed by atoms with E-state index in [0.29, 0.717) is 18.6 Å². The van der Waals surface area contributed by atoms with Crippen LogP contribution in [0, 0.1) is 0 Å². The zero-order valence-electron chi connectivity index (χ0n) is 13.3. The summed E-state index contributed by atoms with van der Waals surface area (Å²) in [5.74, 6) is 1.16. The quantitative estimate of drug-likeness (QED) is 0.664. The van der Waals surface area contributed by atoms with Crippen LogP contribution in [0.25, 0.3) is 0 Å². The van der Waals surface area contributed by atoms with Gasteiger partial charge in [0.1, 0.15) is 5.60 Å². The van der Waals surface area contributed by atoms with Crippen LogP contribution >= 0.6 is 11.8 Å². The third-order valence-electron chi connectivity index (χ3n) is 4.11. The van der Waals surface area contributed by atoms with Crippen LogP contribution < -0.4 is 5.43 Å². The molecule has 3 rings (SSSR count). The number of hydrogen-bond donors (Lipinski definition) is 2. The van der Waals surface area contributed by atoms with Crippen molar-refractivity contribution in [2.75, 3.05) is 11.5 Å². The fraction of sp³-hybridized carbons (Fsp3) is 0.263. The molecule has 0 aliphatic carbocycles. The summed E-state index contributed by atoms with van der Waals surface area (Å²) >= 11 is 1.76. The van der Waals surface area contributed by atoms with Crippen molar-refractivity contribution in [3.63, 3.8) is 0 Å². The predicted octanol–water partition coefficient (Wildman–Crippen LogP) is 2.81. The number of aliphatic hydroxyl groups is 1. The predicted molar refractivity (Wildman–Crippen MR) is 98.2 cm³/mol. The molecule has 0 bridgehead atoms. The van der Waals surface area contributed by atoms with Gasteiger partial charge >= 0.3 is 0 Å². The number of carbonyl (C=O) groups excluding carboxylic acids is 1. The Balaban J connectivity index is 1.86. The monoisotopic (exact) mass is 340 g/mol. The van der Waals surface area contributed by atoms with E-state index in [9.17, 15) is 9.90 Å². The lowest BCUT2D eigenvalue weighted by molar-refractivity contribution is -0.140. The highest BCUT2D eigenvalue weighted by Gasteiger charge is 2.37. The molecule has 1 fully saturated rings. The van der Waals surface area contributed by atoms with E-state index < -0.39 is 11.5 Å². The topological polar surface area (TPSA) is 61.7 Å². The first-order valence-electron chi connectivity index (χ1n) is 7.98. The fourth-order valence-electron chi connectivity index (χ4n) is 2.63. The van der Waals surface area contributed by atoms with E-state index in [4.69, 9.17) is 0 Å². The molecular weight excluding hydrogens is 320 g/mol. The first-order chi connectivity index (χ1) is 11.7. The molecule has 0 atom stereocenters. The highest BCUT2D eigenvalue weighted by molar-refractivity contribution is 7.99. The number of benzene rings is 2. The molecule has 0 aromatic heterocycles. The van der Waals surface area contributed by atoms with Gasteiger partial charge in [-0.05, 0) is 24.3 Å². The Kier molecular flexibility index (Phi) is 5.33. The maximum absolute atomic E-state index is 12.4. The number of hydrazone groups is 1. The molecule has 2 aromatic carbocycles. The van der Waals surface area contributed by atoms with E-state index >= 15 is 0 Å². The van der Waals surface area contributed by atoms with Crippen LogP contribution in [-0.2, 0) is 4.79 Å². The molecular formula is C19H20N2O2S. The van der Waals surface area contributed by atoms with Crippen molar-refractivity contribution in [1.29, 1.82) is 0 Å². The summed E-state index contributed by atoms with van der Waals surface area (Å²) < 4.78 is 0. The lowest BCUT2D eigenvalue weighted by atomic mass is 9.96. The van der Waals surface area contributed by atoms with Crippen LogP contribution in [0.5, 0.6) is 0 Å². The van der Waals surface area contributed by atoms with Crippen molar-refractivity contribution in [3.05, 3.63) is 71.8 Å². The number of amides is 1. The number of rotatable bonds is 4. The molecule has 1 heterocycles. The maximum Gasteiger partial charge on any atom is 0.272 e. The average molecular weight is 340 g/mol. The minimum absolute atomic E-state index is 0.424. The first kappa shape index (κ1) is 16.7. The van der Waals surface area contributed by atoms with Crippen molar-refractivity contribution in [2.45, 2.75) is 18.4 Å². The molecule has 1 aliphatic rings. The van der Waals surface area contributed by atoms with Gasteiger partial charge in [0.15, 0.2) is 0 Å². The SMILES string of the molecule is O=C(NN=C(c1ccccc1)c1ccccc1)C1(O)CCSCC1. The van der Waals surface area contributed by atoms with E-state index in [2.05, 4.69) is 10.5 Å². The number of nitrogens with one attached hydrogen (secondary N) is 1. The van der Waals surface area contributed by atoms with Crippen molar-refractivity contribution in [3.8, 4) is 0 Å². The first-order valence-corrected chi connectivity index (χ1v) is 9.14. The fourth-order valence-corrected chi connectivity index (χ4v) is 3.80. The summed E-state index contributed by atoms with van der Waals surface area (Å²) in [5, 5.41) is 14.8. The lowest BCUT2D eigenvalue weighted by Gasteiger charge is -2.29. The maximum atomic E-state index is 12.4. The summed E-state index contributed by atoms with van der Waals surface area (Å²) in [6.45, 7) is 0. The number of nitrogens with zero attached hydrogens (tertiary/aromatic N) is 1. The summed E-state index contributed by atoms with van der Waals surface area (Å²) in [6.07, 6.45) is 0.927. The van der Waals surface area contributed by atoms with Gasteiger partial charge in [-0.1, -0.05) is 60.7 Å². The number of carbonyl (C=O) groups is 1. The van der Waals surface area contributed by atoms with Gasteiger partial charge in [-0.2, -0.15) is 16.9 Å². The molecule has 124 valence electrons. The molecule has 0 saturated carbocycles.